The number of hydrogen-bond donors (Lipinski definition) is 1. The van der Waals surface area contributed by atoms with Crippen LogP contribution in [0.2, 0.25) is 0 Å². The number of hydrogen-bond acceptors (Lipinski definition) is 6. The van der Waals surface area contributed by atoms with Crippen LogP contribution >= 0.6 is 0 Å². The molecular formula is C19H27N5O3. The first-order valence-electron chi connectivity index (χ1n) is 9.75. The molecule has 0 saturated carbocycles. The van der Waals surface area contributed by atoms with Crippen LogP contribution in [0, 0.1) is 6.92 Å². The molecule has 1 N–H and O–H groups in total. The second kappa shape index (κ2) is 7.82. The Morgan fingerprint density at radius 2 is 2.33 bits per heavy atom. The Morgan fingerprint density at radius 3 is 3.11 bits per heavy atom. The number of carbonyl (C=O) groups excluding carboxylic acids is 1. The predicted octanol–water partition coefficient (Wildman–Crippen LogP) is 1.67. The fourth-order valence-electron chi connectivity index (χ4n) is 4.03. The number of carbonyl (C=O) groups is 1. The number of rotatable bonds is 5. The second-order valence-electron chi connectivity index (χ2n) is 7.36. The third-order valence-electron chi connectivity index (χ3n) is 5.35. The zero-order chi connectivity index (χ0) is 18.8. The molecule has 0 aliphatic carbocycles. The van der Waals surface area contributed by atoms with Crippen molar-refractivity contribution in [1.29, 1.82) is 0 Å². The normalized spacial score (nSPS) is 20.4. The number of likely N-dealkylation sites (tertiary alicyclic amines) is 1. The number of nitrogens with one attached hydrogen (secondary N) is 1. The van der Waals surface area contributed by atoms with E-state index in [1.54, 1.807) is 13.0 Å². The van der Waals surface area contributed by atoms with Crippen LogP contribution in [0.1, 0.15) is 53.0 Å². The van der Waals surface area contributed by atoms with E-state index in [1.807, 2.05) is 0 Å². The molecule has 0 radical (unpaired) electrons. The summed E-state index contributed by atoms with van der Waals surface area (Å²) < 4.78 is 12.8. The summed E-state index contributed by atoms with van der Waals surface area (Å²) in [7, 11) is 0. The number of amides is 1. The van der Waals surface area contributed by atoms with Gasteiger partial charge in [-0.3, -0.25) is 14.4 Å². The molecule has 4 heterocycles. The van der Waals surface area contributed by atoms with Crippen LogP contribution in [0.25, 0.3) is 0 Å². The summed E-state index contributed by atoms with van der Waals surface area (Å²) in [4.78, 5) is 14.7. The molecule has 0 spiro atoms. The van der Waals surface area contributed by atoms with Crippen molar-refractivity contribution in [2.24, 2.45) is 0 Å². The number of fused-ring (bicyclic) bond motifs is 1. The lowest BCUT2D eigenvalue weighted by Crippen LogP contribution is -2.47. The van der Waals surface area contributed by atoms with E-state index >= 15 is 0 Å². The molecule has 1 amide bonds. The fourth-order valence-corrected chi connectivity index (χ4v) is 4.03. The van der Waals surface area contributed by atoms with E-state index in [9.17, 15) is 4.79 Å². The Hall–Kier alpha value is -2.19. The minimum atomic E-state index is -0.167. The van der Waals surface area contributed by atoms with Gasteiger partial charge in [-0.15, -0.1) is 0 Å². The van der Waals surface area contributed by atoms with Crippen molar-refractivity contribution in [3.8, 4) is 0 Å². The maximum atomic E-state index is 12.3. The molecule has 8 heteroatoms. The van der Waals surface area contributed by atoms with Crippen molar-refractivity contribution in [1.82, 2.24) is 25.2 Å². The molecule has 2 aromatic rings. The van der Waals surface area contributed by atoms with E-state index in [0.29, 0.717) is 18.1 Å². The molecule has 2 aliphatic heterocycles. The highest BCUT2D eigenvalue weighted by atomic mass is 16.5. The molecule has 1 fully saturated rings. The summed E-state index contributed by atoms with van der Waals surface area (Å²) >= 11 is 0. The van der Waals surface area contributed by atoms with Gasteiger partial charge in [0, 0.05) is 49.4 Å². The number of nitrogens with zero attached hydrogens (tertiary/aromatic N) is 4. The minimum Gasteiger partial charge on any atom is -0.376 e. The molecule has 1 atom stereocenters. The third-order valence-corrected chi connectivity index (χ3v) is 5.35. The molecule has 0 bridgehead atoms. The Bertz CT molecular complexity index is 812. The summed E-state index contributed by atoms with van der Waals surface area (Å²) in [5.74, 6) is 0.476. The standard InChI is InChI=1S/C19H27N5O3/c1-3-24-18-6-8-26-12-15(18)17(21-24)11-23-7-4-5-14(10-23)20-19(25)16-9-13(2)27-22-16/h9,14H,3-8,10-12H2,1-2H3,(H,20,25)/t14-/m0/s1. The zero-order valence-corrected chi connectivity index (χ0v) is 16.0. The average molecular weight is 373 g/mol. The van der Waals surface area contributed by atoms with Gasteiger partial charge in [0.25, 0.3) is 5.91 Å². The first-order chi connectivity index (χ1) is 13.1. The van der Waals surface area contributed by atoms with Crippen molar-refractivity contribution in [3.63, 3.8) is 0 Å². The maximum absolute atomic E-state index is 12.3. The molecule has 1 saturated heterocycles. The van der Waals surface area contributed by atoms with Gasteiger partial charge >= 0.3 is 0 Å². The highest BCUT2D eigenvalue weighted by Crippen LogP contribution is 2.23. The van der Waals surface area contributed by atoms with E-state index in [1.165, 1.54) is 11.3 Å². The smallest absolute Gasteiger partial charge is 0.273 e. The molecular weight excluding hydrogens is 346 g/mol. The molecule has 2 aliphatic rings. The van der Waals surface area contributed by atoms with Crippen LogP contribution in [-0.2, 0) is 30.9 Å². The van der Waals surface area contributed by atoms with Crippen LogP contribution < -0.4 is 5.32 Å². The Kier molecular flexibility index (Phi) is 5.27. The molecule has 0 unspecified atom stereocenters. The summed E-state index contributed by atoms with van der Waals surface area (Å²) in [6.07, 6.45) is 2.96. The summed E-state index contributed by atoms with van der Waals surface area (Å²) in [5.41, 5.74) is 4.04. The van der Waals surface area contributed by atoms with Crippen molar-refractivity contribution < 1.29 is 14.1 Å². The molecule has 146 valence electrons. The van der Waals surface area contributed by atoms with Crippen molar-refractivity contribution in [2.45, 2.75) is 58.8 Å². The average Bonchev–Trinajstić information content (AvgIpc) is 3.26. The summed E-state index contributed by atoms with van der Waals surface area (Å²) in [6.45, 7) is 8.87. The van der Waals surface area contributed by atoms with E-state index in [2.05, 4.69) is 27.0 Å². The van der Waals surface area contributed by atoms with Crippen LogP contribution in [0.3, 0.4) is 0 Å². The number of aryl methyl sites for hydroxylation is 2. The van der Waals surface area contributed by atoms with Crippen molar-refractivity contribution in [3.05, 3.63) is 34.5 Å². The van der Waals surface area contributed by atoms with Gasteiger partial charge in [-0.1, -0.05) is 5.16 Å². The van der Waals surface area contributed by atoms with E-state index in [0.717, 1.165) is 57.7 Å². The van der Waals surface area contributed by atoms with Crippen LogP contribution in [0.4, 0.5) is 0 Å². The highest BCUT2D eigenvalue weighted by Gasteiger charge is 2.26. The number of piperidine rings is 1. The summed E-state index contributed by atoms with van der Waals surface area (Å²) in [5, 5.41) is 11.7. The zero-order valence-electron chi connectivity index (χ0n) is 16.0. The maximum Gasteiger partial charge on any atom is 0.273 e. The first-order valence-corrected chi connectivity index (χ1v) is 9.75. The van der Waals surface area contributed by atoms with E-state index in [4.69, 9.17) is 14.4 Å². The topological polar surface area (TPSA) is 85.4 Å². The van der Waals surface area contributed by atoms with Gasteiger partial charge in [0.1, 0.15) is 5.76 Å². The third kappa shape index (κ3) is 3.91. The number of aromatic nitrogens is 3. The lowest BCUT2D eigenvalue weighted by molar-refractivity contribution is 0.0889. The summed E-state index contributed by atoms with van der Waals surface area (Å²) in [6, 6.07) is 1.78. The van der Waals surface area contributed by atoms with Crippen LogP contribution in [0.15, 0.2) is 10.6 Å². The first kappa shape index (κ1) is 18.2. The van der Waals surface area contributed by atoms with Gasteiger partial charge in [-0.2, -0.15) is 5.10 Å². The molecule has 8 nitrogen and oxygen atoms in total. The van der Waals surface area contributed by atoms with Gasteiger partial charge in [0.2, 0.25) is 0 Å². The van der Waals surface area contributed by atoms with Gasteiger partial charge in [-0.25, -0.2) is 0 Å². The monoisotopic (exact) mass is 373 g/mol. The van der Waals surface area contributed by atoms with Gasteiger partial charge < -0.3 is 14.6 Å². The highest BCUT2D eigenvalue weighted by molar-refractivity contribution is 5.92. The lowest BCUT2D eigenvalue weighted by atomic mass is 10.0. The van der Waals surface area contributed by atoms with Crippen molar-refractivity contribution in [2.75, 3.05) is 19.7 Å². The Morgan fingerprint density at radius 1 is 1.44 bits per heavy atom. The molecule has 4 rings (SSSR count). The van der Waals surface area contributed by atoms with E-state index in [-0.39, 0.29) is 11.9 Å². The minimum absolute atomic E-state index is 0.114. The predicted molar refractivity (Wildman–Crippen MR) is 98.3 cm³/mol. The van der Waals surface area contributed by atoms with Gasteiger partial charge in [0.15, 0.2) is 5.69 Å². The number of ether oxygens (including phenoxy) is 1. The van der Waals surface area contributed by atoms with Crippen LogP contribution in [0.5, 0.6) is 0 Å². The van der Waals surface area contributed by atoms with Gasteiger partial charge in [-0.05, 0) is 33.2 Å². The van der Waals surface area contributed by atoms with E-state index < -0.39 is 0 Å². The Labute approximate surface area is 158 Å². The Balaban J connectivity index is 1.40. The quantitative estimate of drug-likeness (QED) is 0.858. The molecule has 27 heavy (non-hydrogen) atoms. The van der Waals surface area contributed by atoms with Crippen LogP contribution in [-0.4, -0.2) is 51.5 Å². The lowest BCUT2D eigenvalue weighted by Gasteiger charge is -2.32. The fraction of sp³-hybridized carbons (Fsp3) is 0.632. The molecule has 0 aromatic carbocycles. The molecule has 2 aromatic heterocycles. The largest absolute Gasteiger partial charge is 0.376 e. The van der Waals surface area contributed by atoms with Gasteiger partial charge in [0.05, 0.1) is 18.9 Å². The second-order valence-corrected chi connectivity index (χ2v) is 7.36. The SMILES string of the molecule is CCn1nc(CN2CCC[C@H](NC(=O)c3cc(C)on3)C2)c2c1CCOC2. The van der Waals surface area contributed by atoms with Crippen molar-refractivity contribution >= 4 is 5.91 Å².